The molecule has 0 radical (unpaired) electrons. The van der Waals surface area contributed by atoms with E-state index in [1.54, 1.807) is 11.3 Å². The number of rotatable bonds is 5. The minimum Gasteiger partial charge on any atom is -0.395 e. The average molecular weight is 214 g/mol. The molecule has 0 saturated carbocycles. The zero-order chi connectivity index (χ0) is 10.6. The van der Waals surface area contributed by atoms with E-state index in [1.165, 1.54) is 4.88 Å². The van der Waals surface area contributed by atoms with Crippen molar-refractivity contribution in [1.29, 1.82) is 0 Å². The standard InChI is InChI=1S/C10H18N2OS/c1-8-7-11-9(14-8)6-10(2,3)12-4-5-13/h7,12-13H,4-6H2,1-3H3. The van der Waals surface area contributed by atoms with Crippen molar-refractivity contribution in [2.45, 2.75) is 32.7 Å². The smallest absolute Gasteiger partial charge is 0.0945 e. The van der Waals surface area contributed by atoms with Gasteiger partial charge in [-0.3, -0.25) is 0 Å². The highest BCUT2D eigenvalue weighted by Crippen LogP contribution is 2.17. The lowest BCUT2D eigenvalue weighted by Gasteiger charge is -2.24. The third-order valence-corrected chi connectivity index (χ3v) is 2.89. The van der Waals surface area contributed by atoms with E-state index in [-0.39, 0.29) is 12.1 Å². The Morgan fingerprint density at radius 1 is 1.57 bits per heavy atom. The van der Waals surface area contributed by atoms with Crippen LogP contribution in [0, 0.1) is 6.92 Å². The van der Waals surface area contributed by atoms with Crippen LogP contribution in [0.1, 0.15) is 23.7 Å². The fourth-order valence-corrected chi connectivity index (χ4v) is 2.33. The van der Waals surface area contributed by atoms with E-state index in [2.05, 4.69) is 31.1 Å². The molecular weight excluding hydrogens is 196 g/mol. The highest BCUT2D eigenvalue weighted by Gasteiger charge is 2.18. The Morgan fingerprint density at radius 2 is 2.29 bits per heavy atom. The predicted octanol–water partition coefficient (Wildman–Crippen LogP) is 1.35. The second-order valence-corrected chi connectivity index (χ2v) is 5.40. The molecule has 2 N–H and O–H groups in total. The molecular formula is C10H18N2OS. The van der Waals surface area contributed by atoms with Crippen LogP contribution < -0.4 is 5.32 Å². The molecule has 0 aliphatic rings. The number of nitrogens with zero attached hydrogens (tertiary/aromatic N) is 1. The first-order valence-electron chi connectivity index (χ1n) is 4.81. The molecule has 0 aliphatic carbocycles. The number of hydrogen-bond donors (Lipinski definition) is 2. The lowest BCUT2D eigenvalue weighted by Crippen LogP contribution is -2.42. The van der Waals surface area contributed by atoms with Crippen molar-refractivity contribution in [3.05, 3.63) is 16.1 Å². The zero-order valence-corrected chi connectivity index (χ0v) is 9.82. The first-order valence-corrected chi connectivity index (χ1v) is 5.62. The number of thiazole rings is 1. The molecule has 1 heterocycles. The molecule has 14 heavy (non-hydrogen) atoms. The molecule has 1 aromatic rings. The monoisotopic (exact) mass is 214 g/mol. The van der Waals surface area contributed by atoms with Crippen LogP contribution in [0.15, 0.2) is 6.20 Å². The van der Waals surface area contributed by atoms with E-state index < -0.39 is 0 Å². The van der Waals surface area contributed by atoms with Crippen molar-refractivity contribution in [3.8, 4) is 0 Å². The van der Waals surface area contributed by atoms with Crippen LogP contribution in [0.2, 0.25) is 0 Å². The number of aryl methyl sites for hydroxylation is 1. The van der Waals surface area contributed by atoms with Crippen LogP contribution in [-0.2, 0) is 6.42 Å². The van der Waals surface area contributed by atoms with Gasteiger partial charge in [-0.05, 0) is 20.8 Å². The summed E-state index contributed by atoms with van der Waals surface area (Å²) < 4.78 is 0. The SMILES string of the molecule is Cc1cnc(CC(C)(C)NCCO)s1. The summed E-state index contributed by atoms with van der Waals surface area (Å²) in [5, 5.41) is 13.2. The van der Waals surface area contributed by atoms with E-state index >= 15 is 0 Å². The first kappa shape index (κ1) is 11.6. The van der Waals surface area contributed by atoms with Gasteiger partial charge in [0.2, 0.25) is 0 Å². The van der Waals surface area contributed by atoms with Crippen molar-refractivity contribution in [1.82, 2.24) is 10.3 Å². The second kappa shape index (κ2) is 4.87. The molecule has 0 fully saturated rings. The maximum Gasteiger partial charge on any atom is 0.0945 e. The molecule has 0 aromatic carbocycles. The normalized spacial score (nSPS) is 12.0. The van der Waals surface area contributed by atoms with Crippen molar-refractivity contribution in [2.24, 2.45) is 0 Å². The largest absolute Gasteiger partial charge is 0.395 e. The molecule has 4 heteroatoms. The number of β-amino-alcohol motifs (C(OH)–C–C–N with tert-alkyl or cyclic N) is 1. The Morgan fingerprint density at radius 3 is 2.79 bits per heavy atom. The maximum atomic E-state index is 8.72. The Bertz CT molecular complexity index is 283. The molecule has 0 bridgehead atoms. The summed E-state index contributed by atoms with van der Waals surface area (Å²) >= 11 is 1.73. The zero-order valence-electron chi connectivity index (χ0n) is 9.00. The van der Waals surface area contributed by atoms with Crippen molar-refractivity contribution in [2.75, 3.05) is 13.2 Å². The van der Waals surface area contributed by atoms with Gasteiger partial charge in [-0.2, -0.15) is 0 Å². The fourth-order valence-electron chi connectivity index (χ4n) is 1.32. The highest BCUT2D eigenvalue weighted by atomic mass is 32.1. The molecule has 0 atom stereocenters. The van der Waals surface area contributed by atoms with Crippen molar-refractivity contribution in [3.63, 3.8) is 0 Å². The van der Waals surface area contributed by atoms with Gasteiger partial charge < -0.3 is 10.4 Å². The van der Waals surface area contributed by atoms with Crippen LogP contribution in [0.3, 0.4) is 0 Å². The van der Waals surface area contributed by atoms with E-state index in [4.69, 9.17) is 5.11 Å². The minimum atomic E-state index is 0.00697. The number of aliphatic hydroxyl groups is 1. The number of aromatic nitrogens is 1. The Hall–Kier alpha value is -0.450. The molecule has 1 aromatic heterocycles. The highest BCUT2D eigenvalue weighted by molar-refractivity contribution is 7.11. The maximum absolute atomic E-state index is 8.72. The van der Waals surface area contributed by atoms with Gasteiger partial charge in [0.15, 0.2) is 0 Å². The Balaban J connectivity index is 2.49. The van der Waals surface area contributed by atoms with Gasteiger partial charge >= 0.3 is 0 Å². The van der Waals surface area contributed by atoms with Crippen LogP contribution in [0.5, 0.6) is 0 Å². The Labute approximate surface area is 89.2 Å². The van der Waals surface area contributed by atoms with Crippen molar-refractivity contribution >= 4 is 11.3 Å². The summed E-state index contributed by atoms with van der Waals surface area (Å²) in [7, 11) is 0. The van der Waals surface area contributed by atoms with Crippen LogP contribution >= 0.6 is 11.3 Å². The van der Waals surface area contributed by atoms with E-state index in [9.17, 15) is 0 Å². The Kier molecular flexibility index (Phi) is 4.04. The topological polar surface area (TPSA) is 45.2 Å². The third-order valence-electron chi connectivity index (χ3n) is 1.98. The van der Waals surface area contributed by atoms with Gasteiger partial charge in [0.1, 0.15) is 0 Å². The summed E-state index contributed by atoms with van der Waals surface area (Å²) in [5.74, 6) is 0. The third kappa shape index (κ3) is 3.74. The molecule has 1 rings (SSSR count). The van der Waals surface area contributed by atoms with Gasteiger partial charge in [0.25, 0.3) is 0 Å². The van der Waals surface area contributed by atoms with Gasteiger partial charge in [-0.1, -0.05) is 0 Å². The summed E-state index contributed by atoms with van der Waals surface area (Å²) in [6.45, 7) is 7.13. The van der Waals surface area contributed by atoms with Crippen molar-refractivity contribution < 1.29 is 5.11 Å². The quantitative estimate of drug-likeness (QED) is 0.778. The first-order chi connectivity index (χ1) is 6.53. The number of hydrogen-bond acceptors (Lipinski definition) is 4. The molecule has 0 spiro atoms. The van der Waals surface area contributed by atoms with Crippen LogP contribution in [0.25, 0.3) is 0 Å². The average Bonchev–Trinajstić information content (AvgIpc) is 2.47. The second-order valence-electron chi connectivity index (χ2n) is 4.08. The lowest BCUT2D eigenvalue weighted by molar-refractivity contribution is 0.265. The van der Waals surface area contributed by atoms with Crippen LogP contribution in [0.4, 0.5) is 0 Å². The molecule has 80 valence electrons. The summed E-state index contributed by atoms with van der Waals surface area (Å²) in [4.78, 5) is 5.57. The molecule has 0 unspecified atom stereocenters. The van der Waals surface area contributed by atoms with E-state index in [0.29, 0.717) is 6.54 Å². The lowest BCUT2D eigenvalue weighted by atomic mass is 10.0. The predicted molar refractivity (Wildman–Crippen MR) is 59.7 cm³/mol. The molecule has 3 nitrogen and oxygen atoms in total. The molecule has 0 aliphatic heterocycles. The fraction of sp³-hybridized carbons (Fsp3) is 0.700. The van der Waals surface area contributed by atoms with Gasteiger partial charge in [0.05, 0.1) is 11.6 Å². The molecule has 0 amide bonds. The van der Waals surface area contributed by atoms with Gasteiger partial charge in [-0.25, -0.2) is 4.98 Å². The van der Waals surface area contributed by atoms with E-state index in [0.717, 1.165) is 11.4 Å². The number of nitrogens with one attached hydrogen (secondary N) is 1. The molecule has 0 saturated heterocycles. The number of aliphatic hydroxyl groups excluding tert-OH is 1. The summed E-state index contributed by atoms with van der Waals surface area (Å²) in [6.07, 6.45) is 2.81. The summed E-state index contributed by atoms with van der Waals surface area (Å²) in [6, 6.07) is 0. The van der Waals surface area contributed by atoms with Gasteiger partial charge in [0, 0.05) is 29.6 Å². The van der Waals surface area contributed by atoms with E-state index in [1.807, 2.05) is 6.20 Å². The van der Waals surface area contributed by atoms with Gasteiger partial charge in [-0.15, -0.1) is 11.3 Å². The minimum absolute atomic E-state index is 0.00697. The van der Waals surface area contributed by atoms with Crippen LogP contribution in [-0.4, -0.2) is 28.8 Å². The summed E-state index contributed by atoms with van der Waals surface area (Å²) in [5.41, 5.74) is 0.00697.